The number of nitrogens with zero attached hydrogens (tertiary/aromatic N) is 5. The molecule has 0 bridgehead atoms. The summed E-state index contributed by atoms with van der Waals surface area (Å²) in [5, 5.41) is 19.7. The summed E-state index contributed by atoms with van der Waals surface area (Å²) < 4.78 is 1.49. The van der Waals surface area contributed by atoms with E-state index in [1.54, 1.807) is 11.9 Å². The Morgan fingerprint density at radius 1 is 1.47 bits per heavy atom. The van der Waals surface area contributed by atoms with Crippen LogP contribution in [0.25, 0.3) is 5.69 Å². The molecule has 0 amide bonds. The number of anilines is 1. The highest BCUT2D eigenvalue weighted by molar-refractivity contribution is 5.75. The van der Waals surface area contributed by atoms with Crippen molar-refractivity contribution in [2.24, 2.45) is 0 Å². The van der Waals surface area contributed by atoms with Crippen molar-refractivity contribution in [3.05, 3.63) is 30.6 Å². The van der Waals surface area contributed by atoms with Gasteiger partial charge in [0.05, 0.1) is 11.4 Å². The van der Waals surface area contributed by atoms with E-state index in [1.807, 2.05) is 24.3 Å². The number of hydrogen-bond acceptors (Lipinski definition) is 5. The fourth-order valence-electron chi connectivity index (χ4n) is 1.54. The lowest BCUT2D eigenvalue weighted by molar-refractivity contribution is -0.135. The zero-order valence-electron chi connectivity index (χ0n) is 9.19. The molecule has 0 spiro atoms. The molecule has 7 nitrogen and oxygen atoms in total. The van der Waals surface area contributed by atoms with Gasteiger partial charge in [-0.15, -0.1) is 5.10 Å². The van der Waals surface area contributed by atoms with Gasteiger partial charge in [-0.1, -0.05) is 12.1 Å². The molecule has 0 aliphatic heterocycles. The second kappa shape index (κ2) is 4.60. The van der Waals surface area contributed by atoms with Crippen LogP contribution in [0.3, 0.4) is 0 Å². The van der Waals surface area contributed by atoms with Crippen LogP contribution in [0.1, 0.15) is 0 Å². The van der Waals surface area contributed by atoms with Gasteiger partial charge in [0.25, 0.3) is 0 Å². The molecule has 0 atom stereocenters. The monoisotopic (exact) mass is 233 g/mol. The van der Waals surface area contributed by atoms with Gasteiger partial charge in [0.15, 0.2) is 0 Å². The van der Waals surface area contributed by atoms with Crippen molar-refractivity contribution in [2.45, 2.75) is 0 Å². The fraction of sp³-hybridized carbons (Fsp3) is 0.200. The number of aliphatic carboxylic acids is 1. The van der Waals surface area contributed by atoms with E-state index in [9.17, 15) is 4.79 Å². The Morgan fingerprint density at radius 2 is 2.24 bits per heavy atom. The van der Waals surface area contributed by atoms with E-state index in [0.29, 0.717) is 0 Å². The highest BCUT2D eigenvalue weighted by atomic mass is 16.4. The zero-order chi connectivity index (χ0) is 12.3. The molecule has 0 fully saturated rings. The number of tetrazole rings is 1. The second-order valence-corrected chi connectivity index (χ2v) is 3.49. The smallest absolute Gasteiger partial charge is 0.323 e. The van der Waals surface area contributed by atoms with E-state index in [2.05, 4.69) is 15.5 Å². The Kier molecular flexibility index (Phi) is 2.99. The van der Waals surface area contributed by atoms with Gasteiger partial charge in [0, 0.05) is 7.05 Å². The van der Waals surface area contributed by atoms with Crippen LogP contribution in [0, 0.1) is 0 Å². The van der Waals surface area contributed by atoms with Crippen LogP contribution in [0.2, 0.25) is 0 Å². The number of carboxylic acids is 1. The molecule has 0 aliphatic carbocycles. The van der Waals surface area contributed by atoms with Crippen LogP contribution < -0.4 is 4.90 Å². The molecule has 2 rings (SSSR count). The van der Waals surface area contributed by atoms with Gasteiger partial charge in [0.1, 0.15) is 12.9 Å². The molecule has 0 saturated carbocycles. The molecule has 1 aromatic carbocycles. The predicted octanol–water partition coefficient (Wildman–Crippen LogP) is 0.183. The molecule has 1 heterocycles. The maximum atomic E-state index is 10.7. The normalized spacial score (nSPS) is 10.2. The van der Waals surface area contributed by atoms with Gasteiger partial charge in [-0.2, -0.15) is 4.68 Å². The van der Waals surface area contributed by atoms with Crippen molar-refractivity contribution in [3.63, 3.8) is 0 Å². The first-order chi connectivity index (χ1) is 8.18. The summed E-state index contributed by atoms with van der Waals surface area (Å²) in [7, 11) is 1.71. The van der Waals surface area contributed by atoms with Crippen LogP contribution in [-0.2, 0) is 4.79 Å². The average Bonchev–Trinajstić information content (AvgIpc) is 2.81. The summed E-state index contributed by atoms with van der Waals surface area (Å²) in [6.45, 7) is -0.0842. The topological polar surface area (TPSA) is 84.1 Å². The van der Waals surface area contributed by atoms with Gasteiger partial charge in [-0.05, 0) is 22.6 Å². The molecule has 1 aromatic heterocycles. The number of hydrogen-bond donors (Lipinski definition) is 1. The number of likely N-dealkylation sites (N-methyl/N-ethyl adjacent to an activating group) is 1. The molecule has 0 radical (unpaired) electrons. The predicted molar refractivity (Wildman–Crippen MR) is 60.1 cm³/mol. The fourth-order valence-corrected chi connectivity index (χ4v) is 1.54. The first-order valence-corrected chi connectivity index (χ1v) is 4.94. The lowest BCUT2D eigenvalue weighted by atomic mass is 10.2. The van der Waals surface area contributed by atoms with Crippen LogP contribution in [0.5, 0.6) is 0 Å². The molecular formula is C10H11N5O2. The summed E-state index contributed by atoms with van der Waals surface area (Å²) in [6, 6.07) is 7.32. The second-order valence-electron chi connectivity index (χ2n) is 3.49. The summed E-state index contributed by atoms with van der Waals surface area (Å²) in [5.74, 6) is -0.890. The number of carboxylic acid groups (broad SMARTS) is 1. The number of rotatable bonds is 4. The van der Waals surface area contributed by atoms with E-state index in [4.69, 9.17) is 5.11 Å². The van der Waals surface area contributed by atoms with Crippen LogP contribution in [0.15, 0.2) is 30.6 Å². The van der Waals surface area contributed by atoms with Crippen molar-refractivity contribution in [1.29, 1.82) is 0 Å². The Labute approximate surface area is 97.3 Å². The van der Waals surface area contributed by atoms with E-state index < -0.39 is 5.97 Å². The molecule has 0 saturated heterocycles. The maximum absolute atomic E-state index is 10.7. The first-order valence-electron chi connectivity index (χ1n) is 4.94. The molecule has 0 aliphatic rings. The summed E-state index contributed by atoms with van der Waals surface area (Å²) >= 11 is 0. The number of benzene rings is 1. The quantitative estimate of drug-likeness (QED) is 0.811. The number of aromatic nitrogens is 4. The molecule has 17 heavy (non-hydrogen) atoms. The third kappa shape index (κ3) is 2.39. The third-order valence-corrected chi connectivity index (χ3v) is 2.26. The lowest BCUT2D eigenvalue weighted by Crippen LogP contribution is -2.26. The minimum absolute atomic E-state index is 0.0842. The molecule has 88 valence electrons. The minimum atomic E-state index is -0.890. The van der Waals surface area contributed by atoms with E-state index >= 15 is 0 Å². The molecule has 2 aromatic rings. The Hall–Kier alpha value is -2.44. The van der Waals surface area contributed by atoms with Crippen LogP contribution in [0.4, 0.5) is 5.69 Å². The highest BCUT2D eigenvalue weighted by Crippen LogP contribution is 2.21. The van der Waals surface area contributed by atoms with E-state index in [1.165, 1.54) is 11.0 Å². The first kappa shape index (κ1) is 11.1. The van der Waals surface area contributed by atoms with Crippen molar-refractivity contribution in [3.8, 4) is 5.69 Å². The molecule has 7 heteroatoms. The standard InChI is InChI=1S/C10H11N5O2/c1-14(6-10(16)17)8-4-2-3-5-9(8)15-7-11-12-13-15/h2-5,7H,6H2,1H3,(H,16,17). The summed E-state index contributed by atoms with van der Waals surface area (Å²) in [5.41, 5.74) is 1.49. The molecular weight excluding hydrogens is 222 g/mol. The molecule has 0 unspecified atom stereocenters. The van der Waals surface area contributed by atoms with Gasteiger partial charge in [-0.25, -0.2) is 0 Å². The minimum Gasteiger partial charge on any atom is -0.480 e. The Morgan fingerprint density at radius 3 is 2.88 bits per heavy atom. The summed E-state index contributed by atoms with van der Waals surface area (Å²) in [6.07, 6.45) is 1.47. The molecule has 1 N–H and O–H groups in total. The number of carbonyl (C=O) groups is 1. The highest BCUT2D eigenvalue weighted by Gasteiger charge is 2.11. The van der Waals surface area contributed by atoms with Gasteiger partial charge < -0.3 is 10.0 Å². The third-order valence-electron chi connectivity index (χ3n) is 2.26. The maximum Gasteiger partial charge on any atom is 0.323 e. The lowest BCUT2D eigenvalue weighted by Gasteiger charge is -2.19. The summed E-state index contributed by atoms with van der Waals surface area (Å²) in [4.78, 5) is 12.3. The Bertz CT molecular complexity index is 511. The van der Waals surface area contributed by atoms with Crippen LogP contribution >= 0.6 is 0 Å². The van der Waals surface area contributed by atoms with Crippen molar-refractivity contribution >= 4 is 11.7 Å². The zero-order valence-corrected chi connectivity index (χ0v) is 9.19. The van der Waals surface area contributed by atoms with Crippen LogP contribution in [-0.4, -0.2) is 44.9 Å². The largest absolute Gasteiger partial charge is 0.480 e. The van der Waals surface area contributed by atoms with Gasteiger partial charge in [-0.3, -0.25) is 4.79 Å². The average molecular weight is 233 g/mol. The Balaban J connectivity index is 2.37. The van der Waals surface area contributed by atoms with E-state index in [0.717, 1.165) is 11.4 Å². The van der Waals surface area contributed by atoms with Gasteiger partial charge >= 0.3 is 5.97 Å². The van der Waals surface area contributed by atoms with Crippen molar-refractivity contribution in [1.82, 2.24) is 20.2 Å². The number of para-hydroxylation sites is 2. The van der Waals surface area contributed by atoms with Crippen molar-refractivity contribution < 1.29 is 9.90 Å². The van der Waals surface area contributed by atoms with Crippen molar-refractivity contribution in [2.75, 3.05) is 18.5 Å². The SMILES string of the molecule is CN(CC(=O)O)c1ccccc1-n1cnnn1. The van der Waals surface area contributed by atoms with E-state index in [-0.39, 0.29) is 6.54 Å². The van der Waals surface area contributed by atoms with Gasteiger partial charge in [0.2, 0.25) is 0 Å².